The molecule has 9 heteroatoms. The first-order valence-electron chi connectivity index (χ1n) is 11.8. The van der Waals surface area contributed by atoms with Gasteiger partial charge in [0.05, 0.1) is 17.0 Å². The number of nitrogens with two attached hydrogens (primary N) is 1. The molecule has 190 valence electrons. The Morgan fingerprint density at radius 3 is 2.54 bits per heavy atom. The molecule has 0 unspecified atom stereocenters. The zero-order chi connectivity index (χ0) is 26.2. The van der Waals surface area contributed by atoms with E-state index in [1.54, 1.807) is 13.2 Å². The van der Waals surface area contributed by atoms with Gasteiger partial charge in [-0.15, -0.1) is 0 Å². The molecule has 1 atom stereocenters. The van der Waals surface area contributed by atoms with Crippen LogP contribution in [0.3, 0.4) is 0 Å². The molecule has 4 N–H and O–H groups in total. The smallest absolute Gasteiger partial charge is 0.260 e. The molecule has 35 heavy (non-hydrogen) atoms. The van der Waals surface area contributed by atoms with Crippen molar-refractivity contribution in [2.24, 2.45) is 16.6 Å². The molecule has 0 bridgehead atoms. The monoisotopic (exact) mass is 486 g/mol. The molecule has 1 heterocycles. The van der Waals surface area contributed by atoms with Crippen LogP contribution in [-0.2, 0) is 4.79 Å². The van der Waals surface area contributed by atoms with Crippen molar-refractivity contribution in [3.05, 3.63) is 58.9 Å². The van der Waals surface area contributed by atoms with Gasteiger partial charge >= 0.3 is 0 Å². The number of hydrogen-bond acceptors (Lipinski definition) is 5. The molecule has 0 aliphatic heterocycles. The molecule has 1 fully saturated rings. The van der Waals surface area contributed by atoms with Crippen LogP contribution in [0.4, 0.5) is 14.6 Å². The number of hydrogen-bond donors (Lipinski definition) is 3. The lowest BCUT2D eigenvalue weighted by molar-refractivity contribution is -0.119. The summed E-state index contributed by atoms with van der Waals surface area (Å²) in [7, 11) is 1.71. The fourth-order valence-corrected chi connectivity index (χ4v) is 3.52. The lowest BCUT2D eigenvalue weighted by Gasteiger charge is -2.12. The minimum Gasteiger partial charge on any atom is -0.393 e. The van der Waals surface area contributed by atoms with E-state index in [0.29, 0.717) is 11.3 Å². The number of amidine groups is 1. The summed E-state index contributed by atoms with van der Waals surface area (Å²) in [4.78, 5) is 24.9. The maximum atomic E-state index is 13.2. The van der Waals surface area contributed by atoms with Crippen molar-refractivity contribution in [1.29, 1.82) is 0 Å². The van der Waals surface area contributed by atoms with E-state index in [4.69, 9.17) is 5.73 Å². The number of nitrogens with one attached hydrogen (secondary N) is 2. The Balaban J connectivity index is 2.34. The van der Waals surface area contributed by atoms with Crippen molar-refractivity contribution in [3.8, 4) is 0 Å². The van der Waals surface area contributed by atoms with Crippen LogP contribution < -0.4 is 16.4 Å². The van der Waals surface area contributed by atoms with E-state index in [1.165, 1.54) is 23.5 Å². The molecule has 1 aromatic heterocycles. The predicted octanol–water partition coefficient (Wildman–Crippen LogP) is 5.36. The third kappa shape index (κ3) is 7.56. The summed E-state index contributed by atoms with van der Waals surface area (Å²) in [5, 5.41) is 5.36. The first kappa shape index (κ1) is 27.9. The average molecular weight is 487 g/mol. The summed E-state index contributed by atoms with van der Waals surface area (Å²) in [6.07, 6.45) is 9.49. The second kappa shape index (κ2) is 12.4. The van der Waals surface area contributed by atoms with Crippen molar-refractivity contribution in [1.82, 2.24) is 15.3 Å². The molecule has 0 spiro atoms. The number of alkyl halides is 2. The highest BCUT2D eigenvalue weighted by molar-refractivity contribution is 6.21. The summed E-state index contributed by atoms with van der Waals surface area (Å²) in [5.41, 5.74) is 11.6. The van der Waals surface area contributed by atoms with Crippen LogP contribution >= 0.6 is 0 Å². The summed E-state index contributed by atoms with van der Waals surface area (Å²) in [6.45, 7) is 10.3. The van der Waals surface area contributed by atoms with Gasteiger partial charge in [0.2, 0.25) is 5.91 Å². The lowest BCUT2D eigenvalue weighted by Crippen LogP contribution is -2.20. The van der Waals surface area contributed by atoms with Gasteiger partial charge in [-0.2, -0.15) is 0 Å². The zero-order valence-corrected chi connectivity index (χ0v) is 21.4. The van der Waals surface area contributed by atoms with E-state index in [0.717, 1.165) is 30.5 Å². The Bertz CT molecular complexity index is 1090. The fourth-order valence-electron chi connectivity index (χ4n) is 3.52. The first-order chi connectivity index (χ1) is 16.6. The number of amides is 1. The minimum absolute atomic E-state index is 0.115. The second-order valence-electron chi connectivity index (χ2n) is 8.55. The Kier molecular flexibility index (Phi) is 9.86. The van der Waals surface area contributed by atoms with Crippen LogP contribution in [0.2, 0.25) is 0 Å². The highest BCUT2D eigenvalue weighted by atomic mass is 19.3. The molecule has 0 saturated heterocycles. The van der Waals surface area contributed by atoms with E-state index in [1.807, 2.05) is 19.9 Å². The minimum atomic E-state index is -2.95. The van der Waals surface area contributed by atoms with E-state index in [-0.39, 0.29) is 11.7 Å². The summed E-state index contributed by atoms with van der Waals surface area (Å²) in [5.74, 6) is -4.72. The van der Waals surface area contributed by atoms with Gasteiger partial charge in [0.15, 0.2) is 0 Å². The van der Waals surface area contributed by atoms with Crippen LogP contribution in [0.15, 0.2) is 58.2 Å². The number of rotatable bonds is 11. The maximum Gasteiger partial charge on any atom is 0.260 e. The summed E-state index contributed by atoms with van der Waals surface area (Å²) in [6, 6.07) is 1.48. The van der Waals surface area contributed by atoms with Gasteiger partial charge in [0.25, 0.3) is 5.92 Å². The van der Waals surface area contributed by atoms with Crippen molar-refractivity contribution in [2.45, 2.75) is 66.2 Å². The van der Waals surface area contributed by atoms with Crippen LogP contribution in [0.1, 0.15) is 66.0 Å². The van der Waals surface area contributed by atoms with Gasteiger partial charge < -0.3 is 16.4 Å². The van der Waals surface area contributed by atoms with Crippen molar-refractivity contribution in [3.63, 3.8) is 0 Å². The van der Waals surface area contributed by atoms with Gasteiger partial charge in [-0.1, -0.05) is 38.0 Å². The van der Waals surface area contributed by atoms with Crippen LogP contribution in [0.25, 0.3) is 5.57 Å². The maximum absolute atomic E-state index is 13.2. The highest BCUT2D eigenvalue weighted by Gasteiger charge is 2.61. The Labute approximate surface area is 206 Å². The SMILES string of the molecule is C/C=C(/N=C(N)\C(=C/NC)c1cc(NC(=O)[C@H]2CC2(F)F)ncn1)C(\C)=C/C(CCC)=C(\C)CC. The molecule has 1 aliphatic rings. The largest absolute Gasteiger partial charge is 0.393 e. The van der Waals surface area contributed by atoms with Gasteiger partial charge in [0.1, 0.15) is 23.9 Å². The first-order valence-corrected chi connectivity index (χ1v) is 11.8. The van der Waals surface area contributed by atoms with Crippen LogP contribution in [0.5, 0.6) is 0 Å². The number of aliphatic imine (C=N–C) groups is 1. The van der Waals surface area contributed by atoms with Gasteiger partial charge in [-0.3, -0.25) is 4.79 Å². The Morgan fingerprint density at radius 1 is 1.31 bits per heavy atom. The van der Waals surface area contributed by atoms with Crippen molar-refractivity contribution >= 4 is 23.1 Å². The Hall–Kier alpha value is -3.36. The standard InChI is InChI=1S/C26H36F2N6O/c1-7-10-18(16(4)8-2)11-17(5)21(9-3)33-24(29)19(14-30-6)22-12-23(32-15-31-22)34-25(35)20-13-26(20,27)28/h9,11-12,14-15,20,30H,7-8,10,13H2,1-6H3,(H2,29,33)(H,31,32,34,35)/b17-11-,18-16+,19-14-,21-9+/t20-/m1/s1. The van der Waals surface area contributed by atoms with Gasteiger partial charge in [0, 0.05) is 25.7 Å². The Morgan fingerprint density at radius 2 is 2.00 bits per heavy atom. The van der Waals surface area contributed by atoms with E-state index in [2.05, 4.69) is 52.4 Å². The number of aromatic nitrogens is 2. The van der Waals surface area contributed by atoms with Gasteiger partial charge in [-0.25, -0.2) is 23.7 Å². The number of nitrogens with zero attached hydrogens (tertiary/aromatic N) is 3. The average Bonchev–Trinajstić information content (AvgIpc) is 3.48. The fraction of sp³-hybridized carbons (Fsp3) is 0.462. The number of halogens is 2. The molecule has 0 aromatic carbocycles. The van der Waals surface area contributed by atoms with Crippen LogP contribution in [-0.4, -0.2) is 34.7 Å². The number of carbonyl (C=O) groups is 1. The molecule has 1 aromatic rings. The molecule has 1 saturated carbocycles. The topological polar surface area (TPSA) is 105 Å². The molecular formula is C26H36F2N6O. The highest BCUT2D eigenvalue weighted by Crippen LogP contribution is 2.49. The molecule has 1 amide bonds. The number of allylic oxidation sites excluding steroid dienone is 5. The van der Waals surface area contributed by atoms with E-state index < -0.39 is 24.2 Å². The molecule has 2 rings (SSSR count). The van der Waals surface area contributed by atoms with E-state index >= 15 is 0 Å². The summed E-state index contributed by atoms with van der Waals surface area (Å²) >= 11 is 0. The van der Waals surface area contributed by atoms with Crippen molar-refractivity contribution < 1.29 is 13.6 Å². The lowest BCUT2D eigenvalue weighted by atomic mass is 9.99. The predicted molar refractivity (Wildman–Crippen MR) is 138 cm³/mol. The normalized spacial score (nSPS) is 19.3. The quantitative estimate of drug-likeness (QED) is 0.222. The number of anilines is 1. The third-order valence-corrected chi connectivity index (χ3v) is 5.81. The van der Waals surface area contributed by atoms with Gasteiger partial charge in [-0.05, 0) is 44.8 Å². The van der Waals surface area contributed by atoms with Crippen LogP contribution in [0, 0.1) is 5.92 Å². The third-order valence-electron chi connectivity index (χ3n) is 5.81. The molecule has 7 nitrogen and oxygen atoms in total. The summed E-state index contributed by atoms with van der Waals surface area (Å²) < 4.78 is 26.4. The molecule has 0 radical (unpaired) electrons. The zero-order valence-electron chi connectivity index (χ0n) is 21.4. The molecule has 1 aliphatic carbocycles. The second-order valence-corrected chi connectivity index (χ2v) is 8.55. The van der Waals surface area contributed by atoms with Crippen molar-refractivity contribution in [2.75, 3.05) is 12.4 Å². The van der Waals surface area contributed by atoms with E-state index in [9.17, 15) is 13.6 Å². The molecular weight excluding hydrogens is 450 g/mol. The number of carbonyl (C=O) groups excluding carboxylic acids is 1.